The summed E-state index contributed by atoms with van der Waals surface area (Å²) in [7, 11) is 0. The van der Waals surface area contributed by atoms with E-state index in [-0.39, 0.29) is 12.1 Å². The number of pyridine rings is 1. The fourth-order valence-corrected chi connectivity index (χ4v) is 2.12. The molecule has 3 N–H and O–H groups in total. The molecule has 0 amide bonds. The Kier molecular flexibility index (Phi) is 3.22. The van der Waals surface area contributed by atoms with E-state index in [2.05, 4.69) is 20.9 Å². The van der Waals surface area contributed by atoms with Crippen molar-refractivity contribution in [3.63, 3.8) is 0 Å². The minimum atomic E-state index is -0.135. The molecule has 0 bridgehead atoms. The van der Waals surface area contributed by atoms with E-state index in [4.69, 9.17) is 5.73 Å². The smallest absolute Gasteiger partial charge is 0.252 e. The number of benzene rings is 1. The molecular weight excluding hydrogens is 268 g/mol. The van der Waals surface area contributed by atoms with Gasteiger partial charge in [-0.1, -0.05) is 30.3 Å². The van der Waals surface area contributed by atoms with Gasteiger partial charge >= 0.3 is 0 Å². The quantitative estimate of drug-likeness (QED) is 0.885. The zero-order valence-electron chi connectivity index (χ0n) is 8.53. The molecule has 0 unspecified atom stereocenters. The van der Waals surface area contributed by atoms with Gasteiger partial charge in [-0.2, -0.15) is 0 Å². The van der Waals surface area contributed by atoms with Crippen LogP contribution < -0.4 is 11.3 Å². The van der Waals surface area contributed by atoms with E-state index in [0.29, 0.717) is 5.56 Å². The summed E-state index contributed by atoms with van der Waals surface area (Å²) in [5.41, 5.74) is 7.66. The molecule has 0 saturated carbocycles. The molecule has 0 aliphatic heterocycles. The third-order valence-electron chi connectivity index (χ3n) is 2.35. The molecule has 2 rings (SSSR count). The fraction of sp³-hybridized carbons (Fsp3) is 0.0833. The molecule has 0 aliphatic rings. The summed E-state index contributed by atoms with van der Waals surface area (Å²) in [4.78, 5) is 14.5. The monoisotopic (exact) mass is 278 g/mol. The molecule has 0 radical (unpaired) electrons. The van der Waals surface area contributed by atoms with Gasteiger partial charge in [-0.3, -0.25) is 4.79 Å². The Hall–Kier alpha value is -1.39. The fourth-order valence-electron chi connectivity index (χ4n) is 1.51. The van der Waals surface area contributed by atoms with Gasteiger partial charge in [0.1, 0.15) is 0 Å². The Morgan fingerprint density at radius 2 is 1.94 bits per heavy atom. The molecule has 82 valence electrons. The maximum absolute atomic E-state index is 11.6. The van der Waals surface area contributed by atoms with Crippen LogP contribution in [0.15, 0.2) is 45.7 Å². The lowest BCUT2D eigenvalue weighted by Crippen LogP contribution is -2.16. The van der Waals surface area contributed by atoms with Crippen molar-refractivity contribution in [2.75, 3.05) is 0 Å². The van der Waals surface area contributed by atoms with Crippen LogP contribution in [0.25, 0.3) is 11.3 Å². The number of hydrogen-bond acceptors (Lipinski definition) is 2. The minimum absolute atomic E-state index is 0.135. The number of aromatic nitrogens is 1. The lowest BCUT2D eigenvalue weighted by molar-refractivity contribution is 1.01. The van der Waals surface area contributed by atoms with Gasteiger partial charge in [-0.15, -0.1) is 0 Å². The van der Waals surface area contributed by atoms with Crippen molar-refractivity contribution in [1.82, 2.24) is 4.98 Å². The van der Waals surface area contributed by atoms with Crippen LogP contribution in [-0.4, -0.2) is 4.98 Å². The molecule has 0 saturated heterocycles. The number of hydrogen-bond donors (Lipinski definition) is 2. The molecule has 0 aliphatic carbocycles. The molecule has 2 aromatic rings. The van der Waals surface area contributed by atoms with Crippen LogP contribution in [0.5, 0.6) is 0 Å². The van der Waals surface area contributed by atoms with E-state index in [0.717, 1.165) is 15.7 Å². The van der Waals surface area contributed by atoms with Crippen molar-refractivity contribution in [3.8, 4) is 11.3 Å². The Morgan fingerprint density at radius 1 is 1.25 bits per heavy atom. The molecule has 1 aromatic carbocycles. The van der Waals surface area contributed by atoms with Gasteiger partial charge in [0.15, 0.2) is 0 Å². The van der Waals surface area contributed by atoms with E-state index >= 15 is 0 Å². The molecule has 1 heterocycles. The summed E-state index contributed by atoms with van der Waals surface area (Å²) in [5.74, 6) is 0. The topological polar surface area (TPSA) is 58.9 Å². The summed E-state index contributed by atoms with van der Waals surface area (Å²) >= 11 is 3.43. The van der Waals surface area contributed by atoms with Crippen molar-refractivity contribution in [2.45, 2.75) is 6.54 Å². The van der Waals surface area contributed by atoms with Gasteiger partial charge < -0.3 is 10.7 Å². The predicted octanol–water partition coefficient (Wildman–Crippen LogP) is 2.26. The first-order valence-corrected chi connectivity index (χ1v) is 5.69. The van der Waals surface area contributed by atoms with Crippen LogP contribution in [0.4, 0.5) is 0 Å². The van der Waals surface area contributed by atoms with Gasteiger partial charge in [0.25, 0.3) is 5.56 Å². The number of rotatable bonds is 2. The zero-order chi connectivity index (χ0) is 11.5. The normalized spacial score (nSPS) is 10.4. The van der Waals surface area contributed by atoms with Gasteiger partial charge in [0, 0.05) is 16.6 Å². The molecule has 4 heteroatoms. The van der Waals surface area contributed by atoms with E-state index in [1.807, 2.05) is 30.3 Å². The summed E-state index contributed by atoms with van der Waals surface area (Å²) in [5, 5.41) is 0. The van der Waals surface area contributed by atoms with Crippen molar-refractivity contribution >= 4 is 15.9 Å². The maximum Gasteiger partial charge on any atom is 0.252 e. The van der Waals surface area contributed by atoms with Crippen LogP contribution in [0.1, 0.15) is 5.56 Å². The molecule has 3 nitrogen and oxygen atoms in total. The van der Waals surface area contributed by atoms with Crippen LogP contribution in [-0.2, 0) is 6.54 Å². The lowest BCUT2D eigenvalue weighted by Gasteiger charge is -2.06. The first kappa shape index (κ1) is 11.1. The largest absolute Gasteiger partial charge is 0.326 e. The Morgan fingerprint density at radius 3 is 2.56 bits per heavy atom. The minimum Gasteiger partial charge on any atom is -0.326 e. The first-order chi connectivity index (χ1) is 7.72. The maximum atomic E-state index is 11.6. The number of nitrogens with two attached hydrogens (primary N) is 1. The highest BCUT2D eigenvalue weighted by Crippen LogP contribution is 2.24. The molecule has 0 spiro atoms. The second kappa shape index (κ2) is 4.63. The molecule has 16 heavy (non-hydrogen) atoms. The SMILES string of the molecule is NCc1cc(Br)c(-c2ccccc2)[nH]c1=O. The molecule has 1 aromatic heterocycles. The van der Waals surface area contributed by atoms with E-state index in [9.17, 15) is 4.79 Å². The second-order valence-electron chi connectivity index (χ2n) is 3.42. The predicted molar refractivity (Wildman–Crippen MR) is 68.1 cm³/mol. The highest BCUT2D eigenvalue weighted by molar-refractivity contribution is 9.10. The summed E-state index contributed by atoms with van der Waals surface area (Å²) in [6.45, 7) is 0.239. The van der Waals surface area contributed by atoms with Gasteiger partial charge in [0.2, 0.25) is 0 Å². The Labute approximate surface area is 101 Å². The van der Waals surface area contributed by atoms with Crippen molar-refractivity contribution in [2.24, 2.45) is 5.73 Å². The van der Waals surface area contributed by atoms with E-state index in [1.165, 1.54) is 0 Å². The highest BCUT2D eigenvalue weighted by atomic mass is 79.9. The Bertz CT molecular complexity index is 549. The summed E-state index contributed by atoms with van der Waals surface area (Å²) in [6, 6.07) is 11.4. The number of aromatic amines is 1. The summed E-state index contributed by atoms with van der Waals surface area (Å²) < 4.78 is 0.846. The number of nitrogens with one attached hydrogen (secondary N) is 1. The standard InChI is InChI=1S/C12H11BrN2O/c13-10-6-9(7-14)12(16)15-11(10)8-4-2-1-3-5-8/h1-6H,7,14H2,(H,15,16). The van der Waals surface area contributed by atoms with Crippen LogP contribution in [0.3, 0.4) is 0 Å². The van der Waals surface area contributed by atoms with Gasteiger partial charge in [-0.05, 0) is 27.6 Å². The second-order valence-corrected chi connectivity index (χ2v) is 4.27. The van der Waals surface area contributed by atoms with Gasteiger partial charge in [-0.25, -0.2) is 0 Å². The third kappa shape index (κ3) is 2.08. The lowest BCUT2D eigenvalue weighted by atomic mass is 10.1. The molecular formula is C12H11BrN2O. The van der Waals surface area contributed by atoms with Crippen molar-refractivity contribution < 1.29 is 0 Å². The number of halogens is 1. The zero-order valence-corrected chi connectivity index (χ0v) is 10.1. The van der Waals surface area contributed by atoms with Crippen molar-refractivity contribution in [1.29, 1.82) is 0 Å². The van der Waals surface area contributed by atoms with E-state index in [1.54, 1.807) is 6.07 Å². The summed E-state index contributed by atoms with van der Waals surface area (Å²) in [6.07, 6.45) is 0. The van der Waals surface area contributed by atoms with Gasteiger partial charge in [0.05, 0.1) is 5.69 Å². The average molecular weight is 279 g/mol. The third-order valence-corrected chi connectivity index (χ3v) is 2.98. The van der Waals surface area contributed by atoms with E-state index < -0.39 is 0 Å². The average Bonchev–Trinajstić information content (AvgIpc) is 2.32. The Balaban J connectivity index is 2.60. The molecule has 0 atom stereocenters. The first-order valence-electron chi connectivity index (χ1n) is 4.89. The molecule has 0 fully saturated rings. The number of H-pyrrole nitrogens is 1. The van der Waals surface area contributed by atoms with Crippen LogP contribution in [0, 0.1) is 0 Å². The highest BCUT2D eigenvalue weighted by Gasteiger charge is 2.06. The van der Waals surface area contributed by atoms with Crippen LogP contribution >= 0.6 is 15.9 Å². The van der Waals surface area contributed by atoms with Crippen molar-refractivity contribution in [3.05, 3.63) is 56.8 Å². The van der Waals surface area contributed by atoms with Crippen LogP contribution in [0.2, 0.25) is 0 Å².